The molecule has 0 bridgehead atoms. The van der Waals surface area contributed by atoms with Crippen molar-refractivity contribution in [1.29, 1.82) is 0 Å². The van der Waals surface area contributed by atoms with Crippen molar-refractivity contribution in [3.63, 3.8) is 0 Å². The van der Waals surface area contributed by atoms with Crippen molar-refractivity contribution >= 4 is 11.4 Å². The summed E-state index contributed by atoms with van der Waals surface area (Å²) < 4.78 is 14.4. The standard InChI is InChI=1S/C17H19FN2/c18-15-11-13(12-19)8-9-17(15)20-10-4-3-6-14-5-1-2-7-16(14)20/h1-2,5,7-9,11H,3-4,6,10,12,19H2. The minimum atomic E-state index is -0.190. The quantitative estimate of drug-likeness (QED) is 0.900. The molecule has 104 valence electrons. The van der Waals surface area contributed by atoms with Gasteiger partial charge in [-0.15, -0.1) is 0 Å². The molecule has 0 atom stereocenters. The molecule has 0 radical (unpaired) electrons. The molecule has 1 aliphatic rings. The highest BCUT2D eigenvalue weighted by Gasteiger charge is 2.19. The number of nitrogens with zero attached hydrogens (tertiary/aromatic N) is 1. The first-order chi connectivity index (χ1) is 9.79. The van der Waals surface area contributed by atoms with E-state index in [0.717, 1.165) is 37.1 Å². The minimum Gasteiger partial charge on any atom is -0.339 e. The summed E-state index contributed by atoms with van der Waals surface area (Å²) in [4.78, 5) is 2.10. The van der Waals surface area contributed by atoms with E-state index < -0.39 is 0 Å². The zero-order valence-corrected chi connectivity index (χ0v) is 11.5. The van der Waals surface area contributed by atoms with Crippen LogP contribution in [0.15, 0.2) is 42.5 Å². The number of para-hydroxylation sites is 1. The van der Waals surface area contributed by atoms with Crippen LogP contribution in [0.2, 0.25) is 0 Å². The Bertz CT molecular complexity index is 610. The maximum absolute atomic E-state index is 14.4. The Kier molecular flexibility index (Phi) is 3.70. The first-order valence-corrected chi connectivity index (χ1v) is 7.13. The fourth-order valence-electron chi connectivity index (χ4n) is 2.84. The average molecular weight is 270 g/mol. The van der Waals surface area contributed by atoms with Crippen molar-refractivity contribution in [2.75, 3.05) is 11.4 Å². The second-order valence-corrected chi connectivity index (χ2v) is 5.23. The maximum Gasteiger partial charge on any atom is 0.147 e. The molecule has 2 nitrogen and oxygen atoms in total. The number of fused-ring (bicyclic) bond motifs is 1. The lowest BCUT2D eigenvalue weighted by atomic mass is 10.1. The van der Waals surface area contributed by atoms with Crippen molar-refractivity contribution in [2.24, 2.45) is 5.73 Å². The molecule has 0 saturated heterocycles. The smallest absolute Gasteiger partial charge is 0.147 e. The van der Waals surface area contributed by atoms with Gasteiger partial charge >= 0.3 is 0 Å². The third-order valence-corrected chi connectivity index (χ3v) is 3.90. The van der Waals surface area contributed by atoms with Gasteiger partial charge in [-0.1, -0.05) is 24.3 Å². The second kappa shape index (κ2) is 5.63. The van der Waals surface area contributed by atoms with Gasteiger partial charge in [0.25, 0.3) is 0 Å². The van der Waals surface area contributed by atoms with Crippen molar-refractivity contribution in [1.82, 2.24) is 0 Å². The molecule has 2 N–H and O–H groups in total. The van der Waals surface area contributed by atoms with Crippen LogP contribution in [0.3, 0.4) is 0 Å². The SMILES string of the molecule is NCc1ccc(N2CCCCc3ccccc32)c(F)c1. The average Bonchev–Trinajstić information content (AvgIpc) is 2.69. The Morgan fingerprint density at radius 3 is 2.70 bits per heavy atom. The van der Waals surface area contributed by atoms with Gasteiger partial charge in [-0.05, 0) is 48.6 Å². The van der Waals surface area contributed by atoms with Crippen LogP contribution in [-0.2, 0) is 13.0 Å². The van der Waals surface area contributed by atoms with Crippen LogP contribution < -0.4 is 10.6 Å². The van der Waals surface area contributed by atoms with Crippen LogP contribution >= 0.6 is 0 Å². The molecule has 2 aromatic rings. The number of rotatable bonds is 2. The molecular formula is C17H19FN2. The van der Waals surface area contributed by atoms with Crippen LogP contribution in [-0.4, -0.2) is 6.54 Å². The molecule has 0 amide bonds. The summed E-state index contributed by atoms with van der Waals surface area (Å²) in [5.74, 6) is -0.190. The minimum absolute atomic E-state index is 0.190. The first kappa shape index (κ1) is 13.1. The van der Waals surface area contributed by atoms with Gasteiger partial charge < -0.3 is 10.6 Å². The van der Waals surface area contributed by atoms with E-state index in [4.69, 9.17) is 5.73 Å². The Labute approximate surface area is 119 Å². The Balaban J connectivity index is 2.05. The van der Waals surface area contributed by atoms with Crippen LogP contribution in [0.25, 0.3) is 0 Å². The summed E-state index contributed by atoms with van der Waals surface area (Å²) in [6.45, 7) is 1.23. The molecular weight excluding hydrogens is 251 g/mol. The fourth-order valence-corrected chi connectivity index (χ4v) is 2.84. The second-order valence-electron chi connectivity index (χ2n) is 5.23. The molecule has 0 fully saturated rings. The molecule has 1 heterocycles. The van der Waals surface area contributed by atoms with Crippen LogP contribution in [0.5, 0.6) is 0 Å². The normalized spacial score (nSPS) is 14.8. The monoisotopic (exact) mass is 270 g/mol. The highest BCUT2D eigenvalue weighted by molar-refractivity contribution is 5.67. The van der Waals surface area contributed by atoms with Gasteiger partial charge in [0.15, 0.2) is 0 Å². The predicted octanol–water partition coefficient (Wildman–Crippen LogP) is 3.76. The van der Waals surface area contributed by atoms with Crippen molar-refractivity contribution in [2.45, 2.75) is 25.8 Å². The topological polar surface area (TPSA) is 29.3 Å². The number of nitrogens with two attached hydrogens (primary N) is 1. The van der Waals surface area contributed by atoms with Gasteiger partial charge in [-0.3, -0.25) is 0 Å². The molecule has 0 saturated carbocycles. The van der Waals surface area contributed by atoms with Crippen LogP contribution in [0, 0.1) is 5.82 Å². The summed E-state index contributed by atoms with van der Waals surface area (Å²) in [7, 11) is 0. The Hall–Kier alpha value is -1.87. The summed E-state index contributed by atoms with van der Waals surface area (Å²) in [6, 6.07) is 13.6. The van der Waals surface area contributed by atoms with E-state index >= 15 is 0 Å². The maximum atomic E-state index is 14.4. The highest BCUT2D eigenvalue weighted by Crippen LogP contribution is 2.34. The van der Waals surface area contributed by atoms with Gasteiger partial charge in [0.1, 0.15) is 5.82 Å². The zero-order chi connectivity index (χ0) is 13.9. The largest absolute Gasteiger partial charge is 0.339 e. The number of halogens is 1. The van der Waals surface area contributed by atoms with E-state index in [2.05, 4.69) is 23.1 Å². The molecule has 3 rings (SSSR count). The molecule has 0 aromatic heterocycles. The van der Waals surface area contributed by atoms with Crippen LogP contribution in [0.1, 0.15) is 24.0 Å². The first-order valence-electron chi connectivity index (χ1n) is 7.13. The van der Waals surface area contributed by atoms with Gasteiger partial charge in [0, 0.05) is 18.8 Å². The summed E-state index contributed by atoms with van der Waals surface area (Å²) in [6.07, 6.45) is 3.29. The third-order valence-electron chi connectivity index (χ3n) is 3.90. The molecule has 1 aliphatic heterocycles. The van der Waals surface area contributed by atoms with E-state index in [1.807, 2.05) is 18.2 Å². The summed E-state index contributed by atoms with van der Waals surface area (Å²) >= 11 is 0. The molecule has 20 heavy (non-hydrogen) atoms. The number of aryl methyl sites for hydroxylation is 1. The molecule has 0 aliphatic carbocycles. The third kappa shape index (κ3) is 2.41. The van der Waals surface area contributed by atoms with Gasteiger partial charge in [0.2, 0.25) is 0 Å². The summed E-state index contributed by atoms with van der Waals surface area (Å²) in [5, 5.41) is 0. The van der Waals surface area contributed by atoms with E-state index in [-0.39, 0.29) is 5.82 Å². The van der Waals surface area contributed by atoms with Gasteiger partial charge in [0.05, 0.1) is 5.69 Å². The van der Waals surface area contributed by atoms with E-state index in [0.29, 0.717) is 12.2 Å². The molecule has 3 heteroatoms. The number of benzene rings is 2. The number of hydrogen-bond acceptors (Lipinski definition) is 2. The lowest BCUT2D eigenvalue weighted by molar-refractivity contribution is 0.621. The van der Waals surface area contributed by atoms with Crippen molar-refractivity contribution in [3.05, 3.63) is 59.4 Å². The van der Waals surface area contributed by atoms with Crippen LogP contribution in [0.4, 0.5) is 15.8 Å². The molecule has 2 aromatic carbocycles. The Morgan fingerprint density at radius 2 is 1.90 bits per heavy atom. The molecule has 0 unspecified atom stereocenters. The Morgan fingerprint density at radius 1 is 1.05 bits per heavy atom. The summed E-state index contributed by atoms with van der Waals surface area (Å²) in [5.41, 5.74) is 9.47. The number of hydrogen-bond donors (Lipinski definition) is 1. The van der Waals surface area contributed by atoms with E-state index in [1.165, 1.54) is 5.56 Å². The predicted molar refractivity (Wildman–Crippen MR) is 80.7 cm³/mol. The molecule has 0 spiro atoms. The zero-order valence-electron chi connectivity index (χ0n) is 11.5. The lowest BCUT2D eigenvalue weighted by Gasteiger charge is -2.25. The fraction of sp³-hybridized carbons (Fsp3) is 0.294. The van der Waals surface area contributed by atoms with Crippen molar-refractivity contribution < 1.29 is 4.39 Å². The lowest BCUT2D eigenvalue weighted by Crippen LogP contribution is -2.19. The van der Waals surface area contributed by atoms with E-state index in [9.17, 15) is 4.39 Å². The van der Waals surface area contributed by atoms with E-state index in [1.54, 1.807) is 6.07 Å². The highest BCUT2D eigenvalue weighted by atomic mass is 19.1. The van der Waals surface area contributed by atoms with Crippen molar-refractivity contribution in [3.8, 4) is 0 Å². The van der Waals surface area contributed by atoms with Gasteiger partial charge in [-0.25, -0.2) is 4.39 Å². The van der Waals surface area contributed by atoms with Gasteiger partial charge in [-0.2, -0.15) is 0 Å². The number of anilines is 2.